The number of nitrogens with two attached hydrogens (primary N) is 1. The van der Waals surface area contributed by atoms with E-state index in [1.54, 1.807) is 0 Å². The van der Waals surface area contributed by atoms with Crippen molar-refractivity contribution >= 4 is 18.0 Å². The van der Waals surface area contributed by atoms with E-state index in [4.69, 9.17) is 10.8 Å². The summed E-state index contributed by atoms with van der Waals surface area (Å²) in [5, 5.41) is 10.5. The van der Waals surface area contributed by atoms with Crippen LogP contribution in [0.3, 0.4) is 0 Å². The number of rotatable bonds is 6. The summed E-state index contributed by atoms with van der Waals surface area (Å²) in [6, 6.07) is -0.726. The van der Waals surface area contributed by atoms with Gasteiger partial charge in [0.15, 0.2) is 0 Å². The quantitative estimate of drug-likeness (QED) is 0.286. The lowest BCUT2D eigenvalue weighted by Gasteiger charge is -2.05. The smallest absolute Gasteiger partial charge is 0.334 e. The fourth-order valence-corrected chi connectivity index (χ4v) is 0.675. The molecule has 0 heterocycles. The Labute approximate surface area is 112 Å². The van der Waals surface area contributed by atoms with Crippen LogP contribution in [0.4, 0.5) is 4.79 Å². The minimum absolute atomic E-state index is 0.0709. The predicted octanol–water partition coefficient (Wildman–Crippen LogP) is 0.833. The molecule has 0 rings (SSSR count). The zero-order chi connectivity index (χ0) is 15.8. The molecule has 0 atom stereocenters. The van der Waals surface area contributed by atoms with E-state index in [1.807, 2.05) is 0 Å². The van der Waals surface area contributed by atoms with E-state index in [-0.39, 0.29) is 18.7 Å². The Hall–Kier alpha value is -2.57. The van der Waals surface area contributed by atoms with E-state index in [2.05, 4.69) is 42.9 Å². The molecule has 0 aliphatic rings. The van der Waals surface area contributed by atoms with Gasteiger partial charge < -0.3 is 20.9 Å². The van der Waals surface area contributed by atoms with Gasteiger partial charge in [0.25, 0.3) is 0 Å². The number of nitrogens with one attached hydrogen (secondary N) is 1. The number of carboxylic acid groups (broad SMARTS) is 1. The molecule has 19 heavy (non-hydrogen) atoms. The first kappa shape index (κ1) is 21.7. The van der Waals surface area contributed by atoms with Crippen molar-refractivity contribution in [3.05, 3.63) is 38.5 Å². The van der Waals surface area contributed by atoms with Crippen molar-refractivity contribution < 1.29 is 24.2 Å². The molecule has 0 unspecified atom stereocenters. The molecule has 7 heteroatoms. The first-order chi connectivity index (χ1) is 8.93. The Balaban J connectivity index is -0.000000579. The maximum absolute atomic E-state index is 11.0. The Morgan fingerprint density at radius 3 is 2.00 bits per heavy atom. The first-order valence-electron chi connectivity index (χ1n) is 5.03. The fraction of sp³-hybridized carbons (Fsp3) is 0.250. The highest BCUT2D eigenvalue weighted by atomic mass is 16.5. The lowest BCUT2D eigenvalue weighted by atomic mass is 10.2. The molecule has 0 aromatic carbocycles. The Morgan fingerprint density at radius 1 is 1.16 bits per heavy atom. The molecule has 0 aromatic heterocycles. The standard InChI is InChI=1S/C8H12N2O5.2C2H4/c1-5(4-6(11)12)7(13)15-3-2-10-8(9)14;2*1-2/h1-4H2,(H,11,12)(H3,9,10,14);2*1-2H2. The van der Waals surface area contributed by atoms with Gasteiger partial charge in [-0.1, -0.05) is 6.58 Å². The summed E-state index contributed by atoms with van der Waals surface area (Å²) in [4.78, 5) is 31.4. The number of ether oxygens (including phenoxy) is 1. The second kappa shape index (κ2) is 15.4. The number of carbonyl (C=O) groups is 3. The number of hydrogen-bond donors (Lipinski definition) is 3. The summed E-state index contributed by atoms with van der Waals surface area (Å²) in [5.74, 6) is -1.96. The molecule has 0 aliphatic heterocycles. The van der Waals surface area contributed by atoms with Crippen LogP contribution >= 0.6 is 0 Å². The zero-order valence-corrected chi connectivity index (χ0v) is 10.8. The summed E-state index contributed by atoms with van der Waals surface area (Å²) in [6.07, 6.45) is -0.470. The maximum atomic E-state index is 11.0. The van der Waals surface area contributed by atoms with E-state index in [0.29, 0.717) is 0 Å². The summed E-state index contributed by atoms with van der Waals surface area (Å²) >= 11 is 0. The largest absolute Gasteiger partial charge is 0.481 e. The molecule has 0 saturated carbocycles. The number of amides is 2. The van der Waals surface area contributed by atoms with E-state index >= 15 is 0 Å². The summed E-state index contributed by atoms with van der Waals surface area (Å²) in [7, 11) is 0. The number of esters is 1. The molecular weight excluding hydrogens is 252 g/mol. The number of carboxylic acids is 1. The lowest BCUT2D eigenvalue weighted by Crippen LogP contribution is -2.32. The van der Waals surface area contributed by atoms with E-state index in [9.17, 15) is 14.4 Å². The molecule has 0 fully saturated rings. The Kier molecular flexibility index (Phi) is 17.6. The molecule has 7 nitrogen and oxygen atoms in total. The highest BCUT2D eigenvalue weighted by Gasteiger charge is 2.11. The second-order valence-electron chi connectivity index (χ2n) is 2.60. The van der Waals surface area contributed by atoms with Gasteiger partial charge in [-0.2, -0.15) is 0 Å². The number of hydrogen-bond acceptors (Lipinski definition) is 4. The molecule has 0 saturated heterocycles. The summed E-state index contributed by atoms with van der Waals surface area (Å²) < 4.78 is 4.58. The van der Waals surface area contributed by atoms with Crippen LogP contribution in [0.2, 0.25) is 0 Å². The third-order valence-corrected chi connectivity index (χ3v) is 1.29. The Morgan fingerprint density at radius 2 is 1.63 bits per heavy atom. The van der Waals surface area contributed by atoms with Gasteiger partial charge in [-0.05, 0) is 0 Å². The predicted molar refractivity (Wildman–Crippen MR) is 72.4 cm³/mol. The highest BCUT2D eigenvalue weighted by Crippen LogP contribution is 2.00. The molecule has 0 bridgehead atoms. The minimum atomic E-state index is -1.16. The minimum Gasteiger partial charge on any atom is -0.481 e. The van der Waals surface area contributed by atoms with E-state index in [0.717, 1.165) is 0 Å². The van der Waals surface area contributed by atoms with Crippen molar-refractivity contribution in [3.8, 4) is 0 Å². The number of aliphatic carboxylic acids is 1. The first-order valence-corrected chi connectivity index (χ1v) is 5.03. The maximum Gasteiger partial charge on any atom is 0.334 e. The van der Waals surface area contributed by atoms with Crippen molar-refractivity contribution in [1.82, 2.24) is 5.32 Å². The molecule has 0 aromatic rings. The van der Waals surface area contributed by atoms with Gasteiger partial charge in [0.2, 0.25) is 0 Å². The normalized spacial score (nSPS) is 7.58. The average Bonchev–Trinajstić information content (AvgIpc) is 2.38. The van der Waals surface area contributed by atoms with Crippen LogP contribution in [0.5, 0.6) is 0 Å². The molecule has 2 amide bonds. The highest BCUT2D eigenvalue weighted by molar-refractivity contribution is 5.92. The van der Waals surface area contributed by atoms with E-state index in [1.165, 1.54) is 0 Å². The third kappa shape index (κ3) is 18.0. The number of primary amides is 1. The van der Waals surface area contributed by atoms with Crippen LogP contribution in [0, 0.1) is 0 Å². The van der Waals surface area contributed by atoms with Crippen molar-refractivity contribution in [3.63, 3.8) is 0 Å². The summed E-state index contributed by atoms with van der Waals surface area (Å²) in [5.41, 5.74) is 4.60. The van der Waals surface area contributed by atoms with Gasteiger partial charge in [-0.15, -0.1) is 26.3 Å². The van der Waals surface area contributed by atoms with Gasteiger partial charge in [-0.25, -0.2) is 9.59 Å². The molecule has 4 N–H and O–H groups in total. The van der Waals surface area contributed by atoms with Gasteiger partial charge in [0.05, 0.1) is 13.0 Å². The zero-order valence-electron chi connectivity index (χ0n) is 10.8. The van der Waals surface area contributed by atoms with Crippen LogP contribution in [-0.2, 0) is 14.3 Å². The van der Waals surface area contributed by atoms with Crippen LogP contribution in [0.1, 0.15) is 6.42 Å². The van der Waals surface area contributed by atoms with Crippen molar-refractivity contribution in [2.45, 2.75) is 6.42 Å². The van der Waals surface area contributed by atoms with Gasteiger partial charge in [0, 0.05) is 5.57 Å². The van der Waals surface area contributed by atoms with Crippen molar-refractivity contribution in [1.29, 1.82) is 0 Å². The van der Waals surface area contributed by atoms with Gasteiger partial charge in [-0.3, -0.25) is 4.79 Å². The topological polar surface area (TPSA) is 119 Å². The monoisotopic (exact) mass is 272 g/mol. The van der Waals surface area contributed by atoms with E-state index < -0.39 is 24.4 Å². The van der Waals surface area contributed by atoms with Crippen LogP contribution < -0.4 is 11.1 Å². The SMILES string of the molecule is C=C.C=C.C=C(CC(=O)O)C(=O)OCCNC(N)=O. The molecular formula is C12H20N2O5. The summed E-state index contributed by atoms with van der Waals surface area (Å²) in [6.45, 7) is 15.2. The molecule has 0 radical (unpaired) electrons. The second-order valence-corrected chi connectivity index (χ2v) is 2.60. The third-order valence-electron chi connectivity index (χ3n) is 1.29. The van der Waals surface area contributed by atoms with Crippen LogP contribution in [-0.4, -0.2) is 36.2 Å². The molecule has 108 valence electrons. The molecule has 0 spiro atoms. The van der Waals surface area contributed by atoms with Crippen LogP contribution in [0.15, 0.2) is 38.5 Å². The molecule has 0 aliphatic carbocycles. The fourth-order valence-electron chi connectivity index (χ4n) is 0.675. The van der Waals surface area contributed by atoms with Crippen molar-refractivity contribution in [2.24, 2.45) is 5.73 Å². The van der Waals surface area contributed by atoms with Gasteiger partial charge >= 0.3 is 18.0 Å². The Bertz CT molecular complexity index is 313. The van der Waals surface area contributed by atoms with Gasteiger partial charge in [0.1, 0.15) is 6.61 Å². The number of urea groups is 1. The number of carbonyl (C=O) groups excluding carboxylic acids is 2. The average molecular weight is 272 g/mol. The van der Waals surface area contributed by atoms with Crippen LogP contribution in [0.25, 0.3) is 0 Å². The van der Waals surface area contributed by atoms with Crippen molar-refractivity contribution in [2.75, 3.05) is 13.2 Å². The lowest BCUT2D eigenvalue weighted by molar-refractivity contribution is -0.142.